The molecule has 0 aliphatic heterocycles. The third kappa shape index (κ3) is 3.81. The molecular weight excluding hydrogens is 315 g/mol. The van der Waals surface area contributed by atoms with E-state index in [1.54, 1.807) is 6.92 Å². The zero-order valence-corrected chi connectivity index (χ0v) is 13.5. The molecule has 0 saturated carbocycles. The molecule has 2 N–H and O–H groups in total. The number of carbonyl (C=O) groups excluding carboxylic acids is 2. The van der Waals surface area contributed by atoms with Gasteiger partial charge in [-0.25, -0.2) is 4.39 Å². The Kier molecular flexibility index (Phi) is 5.36. The molecule has 0 aliphatic rings. The molecule has 6 nitrogen and oxygen atoms in total. The van der Waals surface area contributed by atoms with E-state index in [1.807, 2.05) is 0 Å². The minimum Gasteiger partial charge on any atom is -0.496 e. The quantitative estimate of drug-likeness (QED) is 0.842. The number of hydrogen-bond donors (Lipinski definition) is 2. The molecule has 126 valence electrons. The van der Waals surface area contributed by atoms with Crippen LogP contribution < -0.4 is 20.3 Å². The highest BCUT2D eigenvalue weighted by Gasteiger charge is 2.14. The predicted octanol–water partition coefficient (Wildman–Crippen LogP) is 2.23. The van der Waals surface area contributed by atoms with E-state index in [0.29, 0.717) is 11.5 Å². The van der Waals surface area contributed by atoms with Gasteiger partial charge in [-0.2, -0.15) is 0 Å². The van der Waals surface area contributed by atoms with Crippen LogP contribution in [-0.4, -0.2) is 26.0 Å². The van der Waals surface area contributed by atoms with Gasteiger partial charge in [-0.15, -0.1) is 0 Å². The number of hydrazine groups is 1. The molecule has 2 amide bonds. The lowest BCUT2D eigenvalue weighted by Gasteiger charge is -2.13. The molecule has 7 heteroatoms. The summed E-state index contributed by atoms with van der Waals surface area (Å²) in [5, 5.41) is 0. The van der Waals surface area contributed by atoms with Crippen LogP contribution in [0, 0.1) is 12.7 Å². The van der Waals surface area contributed by atoms with E-state index in [4.69, 9.17) is 9.47 Å². The second-order valence-corrected chi connectivity index (χ2v) is 4.92. The van der Waals surface area contributed by atoms with Crippen LogP contribution in [-0.2, 0) is 0 Å². The van der Waals surface area contributed by atoms with Crippen molar-refractivity contribution in [3.05, 3.63) is 58.9 Å². The fraction of sp³-hybridized carbons (Fsp3) is 0.176. The van der Waals surface area contributed by atoms with Crippen molar-refractivity contribution in [2.75, 3.05) is 14.2 Å². The molecule has 0 radical (unpaired) electrons. The molecule has 0 atom stereocenters. The van der Waals surface area contributed by atoms with Gasteiger partial charge >= 0.3 is 0 Å². The van der Waals surface area contributed by atoms with Gasteiger partial charge in [0.15, 0.2) is 0 Å². The van der Waals surface area contributed by atoms with Gasteiger partial charge in [0, 0.05) is 16.7 Å². The number of hydrogen-bond acceptors (Lipinski definition) is 4. The maximum atomic E-state index is 12.8. The Morgan fingerprint density at radius 2 is 1.33 bits per heavy atom. The van der Waals surface area contributed by atoms with Crippen molar-refractivity contribution >= 4 is 11.8 Å². The van der Waals surface area contributed by atoms with Crippen LogP contribution in [0.25, 0.3) is 0 Å². The van der Waals surface area contributed by atoms with Gasteiger partial charge < -0.3 is 9.47 Å². The number of rotatable bonds is 4. The number of amides is 2. The van der Waals surface area contributed by atoms with Crippen molar-refractivity contribution in [1.29, 1.82) is 0 Å². The van der Waals surface area contributed by atoms with Crippen LogP contribution in [0.15, 0.2) is 36.4 Å². The summed E-state index contributed by atoms with van der Waals surface area (Å²) in [7, 11) is 2.97. The average molecular weight is 332 g/mol. The van der Waals surface area contributed by atoms with Crippen molar-refractivity contribution < 1.29 is 23.5 Å². The summed E-state index contributed by atoms with van der Waals surface area (Å²) < 4.78 is 23.2. The van der Waals surface area contributed by atoms with Gasteiger partial charge in [0.05, 0.1) is 14.2 Å². The van der Waals surface area contributed by atoms with E-state index in [2.05, 4.69) is 10.9 Å². The Morgan fingerprint density at radius 1 is 0.875 bits per heavy atom. The first kappa shape index (κ1) is 17.3. The van der Waals surface area contributed by atoms with Gasteiger partial charge in [0.25, 0.3) is 11.8 Å². The zero-order valence-electron chi connectivity index (χ0n) is 13.5. The smallest absolute Gasteiger partial charge is 0.269 e. The highest BCUT2D eigenvalue weighted by Crippen LogP contribution is 2.29. The molecule has 24 heavy (non-hydrogen) atoms. The van der Waals surface area contributed by atoms with Crippen molar-refractivity contribution in [1.82, 2.24) is 10.9 Å². The minimum absolute atomic E-state index is 0.218. The topological polar surface area (TPSA) is 76.7 Å². The van der Waals surface area contributed by atoms with Crippen molar-refractivity contribution in [2.24, 2.45) is 0 Å². The number of ether oxygens (including phenoxy) is 2. The predicted molar refractivity (Wildman–Crippen MR) is 85.6 cm³/mol. The maximum absolute atomic E-state index is 12.8. The summed E-state index contributed by atoms with van der Waals surface area (Å²) in [6.45, 7) is 1.80. The van der Waals surface area contributed by atoms with Crippen LogP contribution >= 0.6 is 0 Å². The van der Waals surface area contributed by atoms with Crippen molar-refractivity contribution in [2.45, 2.75) is 6.92 Å². The minimum atomic E-state index is -0.561. The molecule has 0 aliphatic carbocycles. The number of benzene rings is 2. The normalized spacial score (nSPS) is 10.0. The number of nitrogens with one attached hydrogen (secondary N) is 2. The summed E-state index contributed by atoms with van der Waals surface area (Å²) in [6, 6.07) is 8.02. The molecule has 0 heterocycles. The Hall–Kier alpha value is -3.09. The summed E-state index contributed by atoms with van der Waals surface area (Å²) in [5.74, 6) is -0.570. The Morgan fingerprint density at radius 3 is 1.79 bits per heavy atom. The SMILES string of the molecule is COc1cc(C(=O)NNC(=O)c2ccc(F)cc2)cc(OC)c1C. The summed E-state index contributed by atoms with van der Waals surface area (Å²) in [5.41, 5.74) is 5.79. The molecule has 0 saturated heterocycles. The van der Waals surface area contributed by atoms with E-state index in [0.717, 1.165) is 17.7 Å². The number of halogens is 1. The van der Waals surface area contributed by atoms with Gasteiger partial charge in [0.1, 0.15) is 17.3 Å². The summed E-state index contributed by atoms with van der Waals surface area (Å²) in [4.78, 5) is 24.1. The molecule has 0 bridgehead atoms. The van der Waals surface area contributed by atoms with Crippen LogP contribution in [0.1, 0.15) is 26.3 Å². The lowest BCUT2D eigenvalue weighted by Crippen LogP contribution is -2.41. The molecule has 2 aromatic carbocycles. The largest absolute Gasteiger partial charge is 0.496 e. The first-order chi connectivity index (χ1) is 11.5. The van der Waals surface area contributed by atoms with Gasteiger partial charge in [-0.1, -0.05) is 0 Å². The maximum Gasteiger partial charge on any atom is 0.269 e. The molecule has 0 unspecified atom stereocenters. The Balaban J connectivity index is 2.09. The second-order valence-electron chi connectivity index (χ2n) is 4.92. The number of methoxy groups -OCH3 is 2. The highest BCUT2D eigenvalue weighted by atomic mass is 19.1. The molecule has 2 aromatic rings. The number of carbonyl (C=O) groups is 2. The van der Waals surface area contributed by atoms with Crippen LogP contribution in [0.2, 0.25) is 0 Å². The zero-order chi connectivity index (χ0) is 17.7. The fourth-order valence-electron chi connectivity index (χ4n) is 2.08. The van der Waals surface area contributed by atoms with Crippen LogP contribution in [0.5, 0.6) is 11.5 Å². The van der Waals surface area contributed by atoms with Crippen molar-refractivity contribution in [3.8, 4) is 11.5 Å². The lowest BCUT2D eigenvalue weighted by atomic mass is 10.1. The standard InChI is InChI=1S/C17H17FN2O4/c1-10-14(23-2)8-12(9-15(10)24-3)17(22)20-19-16(21)11-4-6-13(18)7-5-11/h4-9H,1-3H3,(H,19,21)(H,20,22). The van der Waals surface area contributed by atoms with E-state index >= 15 is 0 Å². The summed E-state index contributed by atoms with van der Waals surface area (Å²) >= 11 is 0. The fourth-order valence-corrected chi connectivity index (χ4v) is 2.08. The van der Waals surface area contributed by atoms with E-state index in [9.17, 15) is 14.0 Å². The molecule has 2 rings (SSSR count). The third-order valence-electron chi connectivity index (χ3n) is 3.41. The third-order valence-corrected chi connectivity index (χ3v) is 3.41. The lowest BCUT2D eigenvalue weighted by molar-refractivity contribution is 0.0846. The molecule has 0 fully saturated rings. The van der Waals surface area contributed by atoms with E-state index in [-0.39, 0.29) is 11.1 Å². The van der Waals surface area contributed by atoms with Crippen LogP contribution in [0.4, 0.5) is 4.39 Å². The molecule has 0 aromatic heterocycles. The second kappa shape index (κ2) is 7.45. The molecule has 0 spiro atoms. The first-order valence-corrected chi connectivity index (χ1v) is 7.05. The highest BCUT2D eigenvalue weighted by molar-refractivity contribution is 5.99. The van der Waals surface area contributed by atoms with Crippen LogP contribution in [0.3, 0.4) is 0 Å². The monoisotopic (exact) mass is 332 g/mol. The van der Waals surface area contributed by atoms with Gasteiger partial charge in [0.2, 0.25) is 0 Å². The molecular formula is C17H17FN2O4. The Labute approximate surface area is 138 Å². The summed E-state index contributed by atoms with van der Waals surface area (Å²) in [6.07, 6.45) is 0. The average Bonchev–Trinajstić information content (AvgIpc) is 2.60. The van der Waals surface area contributed by atoms with E-state index < -0.39 is 17.6 Å². The van der Waals surface area contributed by atoms with Gasteiger partial charge in [-0.3, -0.25) is 20.4 Å². The Bertz CT molecular complexity index is 735. The first-order valence-electron chi connectivity index (χ1n) is 7.05. The van der Waals surface area contributed by atoms with Crippen molar-refractivity contribution in [3.63, 3.8) is 0 Å². The van der Waals surface area contributed by atoms with E-state index in [1.165, 1.54) is 38.5 Å². The van der Waals surface area contributed by atoms with Gasteiger partial charge in [-0.05, 0) is 43.3 Å².